The van der Waals surface area contributed by atoms with Gasteiger partial charge in [0.1, 0.15) is 0 Å². The predicted molar refractivity (Wildman–Crippen MR) is 0 cm³/mol. The molecule has 0 atom stereocenters. The van der Waals surface area contributed by atoms with E-state index in [1.807, 2.05) is 0 Å². The maximum absolute atomic E-state index is 0. The Balaban J connectivity index is 0. The van der Waals surface area contributed by atoms with Gasteiger partial charge in [-0.1, -0.05) is 0 Å². The van der Waals surface area contributed by atoms with Crippen molar-refractivity contribution in [2.24, 2.45) is 0 Å². The van der Waals surface area contributed by atoms with Crippen LogP contribution >= 0.6 is 0 Å². The Labute approximate surface area is 58.2 Å². The van der Waals surface area contributed by atoms with Crippen molar-refractivity contribution >= 4 is 0 Å². The van der Waals surface area contributed by atoms with E-state index in [2.05, 4.69) is 0 Å². The van der Waals surface area contributed by atoms with Crippen molar-refractivity contribution in [2.75, 3.05) is 0 Å². The van der Waals surface area contributed by atoms with E-state index in [0.29, 0.717) is 0 Å². The molecule has 0 unspecified atom stereocenters. The second kappa shape index (κ2) is 23.8. The third-order valence-electron chi connectivity index (χ3n) is 0. The number of hydrogen-bond donors (Lipinski definition) is 0. The van der Waals surface area contributed by atoms with Crippen molar-refractivity contribution in [3.8, 4) is 0 Å². The van der Waals surface area contributed by atoms with Crippen LogP contribution in [-0.4, -0.2) is 0 Å². The Kier molecular flexibility index (Phi) is 283. The SMILES string of the molecule is [Cl-].[Cl-].[Cl-].[Mo+3]. The molecule has 0 N–H and O–H groups in total. The molecular weight excluding hydrogens is 202 g/mol. The van der Waals surface area contributed by atoms with Gasteiger partial charge in [0.15, 0.2) is 0 Å². The minimum Gasteiger partial charge on any atom is -1.00 e. The van der Waals surface area contributed by atoms with Gasteiger partial charge in [-0.25, -0.2) is 0 Å². The zero-order valence-electron chi connectivity index (χ0n) is 1.54. The second-order valence-corrected chi connectivity index (χ2v) is 0. The van der Waals surface area contributed by atoms with Crippen LogP contribution in [0.2, 0.25) is 0 Å². The summed E-state index contributed by atoms with van der Waals surface area (Å²) in [5.74, 6) is 0. The largest absolute Gasteiger partial charge is 3.00 e. The summed E-state index contributed by atoms with van der Waals surface area (Å²) in [6, 6.07) is 0. The summed E-state index contributed by atoms with van der Waals surface area (Å²) in [5, 5.41) is 0. The van der Waals surface area contributed by atoms with Gasteiger partial charge in [0, 0.05) is 0 Å². The predicted octanol–water partition coefficient (Wildman–Crippen LogP) is -8.99. The van der Waals surface area contributed by atoms with E-state index in [0.717, 1.165) is 0 Å². The molecule has 0 aliphatic rings. The fourth-order valence-electron chi connectivity index (χ4n) is 0. The van der Waals surface area contributed by atoms with E-state index < -0.39 is 0 Å². The van der Waals surface area contributed by atoms with Gasteiger partial charge < -0.3 is 37.2 Å². The van der Waals surface area contributed by atoms with Crippen LogP contribution in [0.3, 0.4) is 0 Å². The zero-order valence-corrected chi connectivity index (χ0v) is 5.82. The van der Waals surface area contributed by atoms with Gasteiger partial charge >= 0.3 is 21.1 Å². The van der Waals surface area contributed by atoms with Crippen molar-refractivity contribution in [3.63, 3.8) is 0 Å². The fourth-order valence-corrected chi connectivity index (χ4v) is 0. The molecule has 1 radical (unpaired) electrons. The Morgan fingerprint density at radius 3 is 0.500 bits per heavy atom. The molecule has 4 heavy (non-hydrogen) atoms. The average Bonchev–Trinajstić information content (AvgIpc) is 0. The molecule has 0 heterocycles. The van der Waals surface area contributed by atoms with E-state index in [1.54, 1.807) is 0 Å². The standard InChI is InChI=1S/3ClH.Mo/h3*1H;/q;;;+3/p-3. The summed E-state index contributed by atoms with van der Waals surface area (Å²) < 4.78 is 0. The third kappa shape index (κ3) is 9.59. The summed E-state index contributed by atoms with van der Waals surface area (Å²) in [6.07, 6.45) is 0. The van der Waals surface area contributed by atoms with Crippen molar-refractivity contribution in [2.45, 2.75) is 0 Å². The summed E-state index contributed by atoms with van der Waals surface area (Å²) in [7, 11) is 0. The van der Waals surface area contributed by atoms with Crippen molar-refractivity contribution in [3.05, 3.63) is 0 Å². The van der Waals surface area contributed by atoms with Crippen molar-refractivity contribution < 1.29 is 58.3 Å². The molecule has 4 heteroatoms. The van der Waals surface area contributed by atoms with Crippen LogP contribution in [0.15, 0.2) is 0 Å². The Morgan fingerprint density at radius 1 is 0.500 bits per heavy atom. The molecule has 0 aromatic carbocycles. The van der Waals surface area contributed by atoms with Crippen molar-refractivity contribution in [1.82, 2.24) is 0 Å². The summed E-state index contributed by atoms with van der Waals surface area (Å²) >= 11 is 0. The first-order chi connectivity index (χ1) is 0. The fraction of sp³-hybridized carbons (Fsp3) is 0. The van der Waals surface area contributed by atoms with Gasteiger partial charge in [0.05, 0.1) is 0 Å². The molecule has 0 aromatic rings. The molecule has 0 amide bonds. The summed E-state index contributed by atoms with van der Waals surface area (Å²) in [4.78, 5) is 0. The van der Waals surface area contributed by atoms with E-state index in [9.17, 15) is 0 Å². The van der Waals surface area contributed by atoms with Gasteiger partial charge in [-0.15, -0.1) is 0 Å². The molecule has 0 saturated heterocycles. The molecule has 0 fully saturated rings. The topological polar surface area (TPSA) is 0 Å². The quantitative estimate of drug-likeness (QED) is 0.342. The normalized spacial score (nSPS) is 0. The van der Waals surface area contributed by atoms with Crippen LogP contribution < -0.4 is 37.2 Å². The maximum atomic E-state index is 0. The molecule has 0 spiro atoms. The van der Waals surface area contributed by atoms with E-state index in [1.165, 1.54) is 0 Å². The minimum atomic E-state index is 0. The average molecular weight is 202 g/mol. The van der Waals surface area contributed by atoms with E-state index >= 15 is 0 Å². The van der Waals surface area contributed by atoms with E-state index in [-0.39, 0.29) is 58.3 Å². The van der Waals surface area contributed by atoms with Crippen LogP contribution in [0.1, 0.15) is 0 Å². The van der Waals surface area contributed by atoms with Crippen LogP contribution in [0, 0.1) is 0 Å². The molecule has 0 aromatic heterocycles. The third-order valence-corrected chi connectivity index (χ3v) is 0. The van der Waals surface area contributed by atoms with Gasteiger partial charge in [0.25, 0.3) is 0 Å². The second-order valence-electron chi connectivity index (χ2n) is 0. The summed E-state index contributed by atoms with van der Waals surface area (Å²) in [6.45, 7) is 0. The van der Waals surface area contributed by atoms with Gasteiger partial charge in [-0.2, -0.15) is 0 Å². The van der Waals surface area contributed by atoms with Crippen molar-refractivity contribution in [1.29, 1.82) is 0 Å². The van der Waals surface area contributed by atoms with Crippen LogP contribution in [0.25, 0.3) is 0 Å². The monoisotopic (exact) mass is 203 g/mol. The molecule has 0 bridgehead atoms. The van der Waals surface area contributed by atoms with Gasteiger partial charge in [-0.05, 0) is 0 Å². The number of halogens is 3. The number of rotatable bonds is 0. The Bertz CT molecular complexity index is 3.25. The molecule has 0 rings (SSSR count). The first kappa shape index (κ1) is 47.6. The first-order valence-electron chi connectivity index (χ1n) is 0. The molecule has 0 saturated carbocycles. The zero-order chi connectivity index (χ0) is 0. The Morgan fingerprint density at radius 2 is 0.500 bits per heavy atom. The van der Waals surface area contributed by atoms with Crippen LogP contribution in [0.5, 0.6) is 0 Å². The Hall–Kier alpha value is 1.56. The maximum Gasteiger partial charge on any atom is 3.00 e. The molecule has 0 aliphatic carbocycles. The van der Waals surface area contributed by atoms with Gasteiger partial charge in [0.2, 0.25) is 0 Å². The molecule has 27 valence electrons. The van der Waals surface area contributed by atoms with Crippen LogP contribution in [0.4, 0.5) is 0 Å². The van der Waals surface area contributed by atoms with Crippen LogP contribution in [-0.2, 0) is 21.1 Å². The minimum absolute atomic E-state index is 0. The molecular formula is Cl3Mo. The smallest absolute Gasteiger partial charge is 1.00 e. The summed E-state index contributed by atoms with van der Waals surface area (Å²) in [5.41, 5.74) is 0. The number of hydrogen-bond acceptors (Lipinski definition) is 0. The van der Waals surface area contributed by atoms with E-state index in [4.69, 9.17) is 0 Å². The molecule has 0 nitrogen and oxygen atoms in total. The van der Waals surface area contributed by atoms with Gasteiger partial charge in [-0.3, -0.25) is 0 Å². The first-order valence-corrected chi connectivity index (χ1v) is 0. The molecule has 0 aliphatic heterocycles.